The molecule has 3 aliphatic rings. The summed E-state index contributed by atoms with van der Waals surface area (Å²) in [5.41, 5.74) is 2.94. The van der Waals surface area contributed by atoms with Crippen molar-refractivity contribution < 1.29 is 0 Å². The Morgan fingerprint density at radius 2 is 1.75 bits per heavy atom. The minimum absolute atomic E-state index is 0.605. The zero-order valence-electron chi connectivity index (χ0n) is 12.8. The van der Waals surface area contributed by atoms with E-state index in [0.29, 0.717) is 6.04 Å². The van der Waals surface area contributed by atoms with Crippen molar-refractivity contribution in [1.29, 1.82) is 0 Å². The summed E-state index contributed by atoms with van der Waals surface area (Å²) in [7, 11) is 2.26. The van der Waals surface area contributed by atoms with Gasteiger partial charge < -0.3 is 4.57 Å². The minimum Gasteiger partial charge on any atom is -0.334 e. The predicted molar refractivity (Wildman–Crippen MR) is 80.8 cm³/mol. The number of likely N-dealkylation sites (tertiary alicyclic amines) is 1. The fourth-order valence-corrected chi connectivity index (χ4v) is 4.74. The highest BCUT2D eigenvalue weighted by molar-refractivity contribution is 5.22. The van der Waals surface area contributed by atoms with Gasteiger partial charge >= 0.3 is 0 Å². The zero-order valence-corrected chi connectivity index (χ0v) is 12.8. The quantitative estimate of drug-likeness (QED) is 0.823. The molecular weight excluding hydrogens is 246 g/mol. The van der Waals surface area contributed by atoms with E-state index in [9.17, 15) is 0 Å². The average Bonchev–Trinajstić information content (AvgIpc) is 3.17. The van der Waals surface area contributed by atoms with Crippen LogP contribution in [0.25, 0.3) is 0 Å². The van der Waals surface area contributed by atoms with Crippen molar-refractivity contribution in [3.05, 3.63) is 17.2 Å². The Bertz CT molecular complexity index is 485. The van der Waals surface area contributed by atoms with E-state index in [4.69, 9.17) is 4.98 Å². The number of fused-ring (bicyclic) bond motifs is 1. The third kappa shape index (κ3) is 2.02. The molecule has 4 rings (SSSR count). The topological polar surface area (TPSA) is 21.1 Å². The van der Waals surface area contributed by atoms with Gasteiger partial charge in [0.1, 0.15) is 5.82 Å². The maximum atomic E-state index is 5.08. The van der Waals surface area contributed by atoms with Crippen LogP contribution in [0, 0.1) is 0 Å². The summed E-state index contributed by atoms with van der Waals surface area (Å²) in [6, 6.07) is 1.45. The predicted octanol–water partition coefficient (Wildman–Crippen LogP) is 3.38. The van der Waals surface area contributed by atoms with Crippen molar-refractivity contribution in [2.24, 2.45) is 7.05 Å². The summed E-state index contributed by atoms with van der Waals surface area (Å²) in [5.74, 6) is 1.38. The molecule has 3 nitrogen and oxygen atoms in total. The molecule has 110 valence electrons. The maximum Gasteiger partial charge on any atom is 0.126 e. The molecule has 0 spiro atoms. The van der Waals surface area contributed by atoms with Crippen LogP contribution in [0.2, 0.25) is 0 Å². The fraction of sp³-hybridized carbons (Fsp3) is 0.824. The Morgan fingerprint density at radius 1 is 0.950 bits per heavy atom. The van der Waals surface area contributed by atoms with Crippen molar-refractivity contribution in [2.45, 2.75) is 76.3 Å². The molecule has 0 amide bonds. The van der Waals surface area contributed by atoms with E-state index in [1.165, 1.54) is 88.0 Å². The van der Waals surface area contributed by atoms with Gasteiger partial charge in [0.25, 0.3) is 0 Å². The van der Waals surface area contributed by atoms with E-state index in [0.717, 1.165) is 6.04 Å². The molecule has 0 unspecified atom stereocenters. The lowest BCUT2D eigenvalue weighted by atomic mass is 10.0. The Morgan fingerprint density at radius 3 is 2.55 bits per heavy atom. The second-order valence-electron chi connectivity index (χ2n) is 6.96. The van der Waals surface area contributed by atoms with Gasteiger partial charge in [0.05, 0.1) is 11.7 Å². The Kier molecular flexibility index (Phi) is 3.33. The molecule has 2 heterocycles. The molecular formula is C17H27N3. The summed E-state index contributed by atoms with van der Waals surface area (Å²) in [4.78, 5) is 7.87. The largest absolute Gasteiger partial charge is 0.334 e. The number of aryl methyl sites for hydroxylation is 1. The molecule has 1 saturated carbocycles. The van der Waals surface area contributed by atoms with Crippen LogP contribution in [-0.2, 0) is 19.9 Å². The minimum atomic E-state index is 0.605. The number of aromatic nitrogens is 2. The maximum absolute atomic E-state index is 5.08. The summed E-state index contributed by atoms with van der Waals surface area (Å²) in [6.45, 7) is 1.30. The van der Waals surface area contributed by atoms with Gasteiger partial charge in [0.2, 0.25) is 0 Å². The second-order valence-corrected chi connectivity index (χ2v) is 6.96. The smallest absolute Gasteiger partial charge is 0.126 e. The van der Waals surface area contributed by atoms with Crippen molar-refractivity contribution in [2.75, 3.05) is 6.54 Å². The van der Waals surface area contributed by atoms with Gasteiger partial charge in [-0.05, 0) is 57.9 Å². The number of hydrogen-bond acceptors (Lipinski definition) is 2. The molecule has 2 fully saturated rings. The number of hydrogen-bond donors (Lipinski definition) is 0. The van der Waals surface area contributed by atoms with Crippen molar-refractivity contribution in [1.82, 2.24) is 14.5 Å². The third-order valence-corrected chi connectivity index (χ3v) is 5.79. The van der Waals surface area contributed by atoms with Gasteiger partial charge in [-0.1, -0.05) is 12.8 Å². The third-order valence-electron chi connectivity index (χ3n) is 5.79. The SMILES string of the molecule is Cn1c([C@H]2CCCN2C2CCCC2)nc2c1CCCC2. The Balaban J connectivity index is 1.64. The van der Waals surface area contributed by atoms with Crippen LogP contribution in [0.5, 0.6) is 0 Å². The summed E-state index contributed by atoms with van der Waals surface area (Å²) in [5, 5.41) is 0. The van der Waals surface area contributed by atoms with Gasteiger partial charge in [-0.25, -0.2) is 4.98 Å². The molecule has 1 aromatic rings. The second kappa shape index (κ2) is 5.18. The molecule has 2 aliphatic carbocycles. The van der Waals surface area contributed by atoms with Gasteiger partial charge in [0, 0.05) is 18.8 Å². The molecule has 0 N–H and O–H groups in total. The first-order valence-corrected chi connectivity index (χ1v) is 8.64. The lowest BCUT2D eigenvalue weighted by Gasteiger charge is -2.30. The van der Waals surface area contributed by atoms with Crippen LogP contribution >= 0.6 is 0 Å². The van der Waals surface area contributed by atoms with E-state index in [1.807, 2.05) is 0 Å². The normalized spacial score (nSPS) is 28.1. The van der Waals surface area contributed by atoms with Gasteiger partial charge in [-0.3, -0.25) is 4.90 Å². The Hall–Kier alpha value is -0.830. The van der Waals surface area contributed by atoms with Gasteiger partial charge in [0.15, 0.2) is 0 Å². The standard InChI is InChI=1S/C17H27N3/c1-19-15-10-5-4-9-14(15)18-17(19)16-11-6-12-20(16)13-7-2-3-8-13/h13,16H,2-12H2,1H3/t16-/m1/s1. The first-order chi connectivity index (χ1) is 9.84. The molecule has 3 heteroatoms. The molecule has 1 aliphatic heterocycles. The molecule has 0 aromatic carbocycles. The number of rotatable bonds is 2. The van der Waals surface area contributed by atoms with Crippen LogP contribution in [0.1, 0.15) is 74.6 Å². The van der Waals surface area contributed by atoms with E-state index in [2.05, 4.69) is 16.5 Å². The average molecular weight is 273 g/mol. The number of nitrogens with zero attached hydrogens (tertiary/aromatic N) is 3. The van der Waals surface area contributed by atoms with E-state index >= 15 is 0 Å². The monoisotopic (exact) mass is 273 g/mol. The van der Waals surface area contributed by atoms with Crippen LogP contribution in [0.3, 0.4) is 0 Å². The van der Waals surface area contributed by atoms with Crippen LogP contribution in [0.4, 0.5) is 0 Å². The van der Waals surface area contributed by atoms with E-state index in [1.54, 1.807) is 0 Å². The summed E-state index contributed by atoms with van der Waals surface area (Å²) >= 11 is 0. The Labute approximate surface area is 122 Å². The fourth-order valence-electron chi connectivity index (χ4n) is 4.74. The van der Waals surface area contributed by atoms with Crippen LogP contribution in [-0.4, -0.2) is 27.0 Å². The molecule has 20 heavy (non-hydrogen) atoms. The molecule has 1 aromatic heterocycles. The van der Waals surface area contributed by atoms with E-state index in [-0.39, 0.29) is 0 Å². The summed E-state index contributed by atoms with van der Waals surface area (Å²) in [6.07, 6.45) is 13.5. The lowest BCUT2D eigenvalue weighted by molar-refractivity contribution is 0.174. The van der Waals surface area contributed by atoms with Gasteiger partial charge in [-0.15, -0.1) is 0 Å². The zero-order chi connectivity index (χ0) is 13.5. The lowest BCUT2D eigenvalue weighted by Crippen LogP contribution is -2.33. The van der Waals surface area contributed by atoms with Crippen LogP contribution < -0.4 is 0 Å². The van der Waals surface area contributed by atoms with Crippen molar-refractivity contribution >= 4 is 0 Å². The molecule has 0 radical (unpaired) electrons. The molecule has 0 bridgehead atoms. The van der Waals surface area contributed by atoms with Crippen LogP contribution in [0.15, 0.2) is 0 Å². The highest BCUT2D eigenvalue weighted by Gasteiger charge is 2.36. The van der Waals surface area contributed by atoms with Gasteiger partial charge in [-0.2, -0.15) is 0 Å². The summed E-state index contributed by atoms with van der Waals surface area (Å²) < 4.78 is 2.45. The first kappa shape index (κ1) is 12.9. The molecule has 1 saturated heterocycles. The highest BCUT2D eigenvalue weighted by atomic mass is 15.3. The highest BCUT2D eigenvalue weighted by Crippen LogP contribution is 2.38. The first-order valence-electron chi connectivity index (χ1n) is 8.64. The van der Waals surface area contributed by atoms with E-state index < -0.39 is 0 Å². The molecule has 1 atom stereocenters. The van der Waals surface area contributed by atoms with Crippen molar-refractivity contribution in [3.8, 4) is 0 Å². The number of imidazole rings is 1. The van der Waals surface area contributed by atoms with Crippen molar-refractivity contribution in [3.63, 3.8) is 0 Å².